The van der Waals surface area contributed by atoms with Crippen molar-refractivity contribution in [1.82, 2.24) is 0 Å². The smallest absolute Gasteiger partial charge is 0.00882 e. The quantitative estimate of drug-likeness (QED) is 0.635. The molecule has 0 fully saturated rings. The molecule has 2 aromatic carbocycles. The van der Waals surface area contributed by atoms with Gasteiger partial charge in [-0.2, -0.15) is 0 Å². The summed E-state index contributed by atoms with van der Waals surface area (Å²) in [5.74, 6) is 0. The molecule has 0 unspecified atom stereocenters. The van der Waals surface area contributed by atoms with Crippen LogP contribution in [0.3, 0.4) is 0 Å². The highest BCUT2D eigenvalue weighted by Crippen LogP contribution is 2.22. The zero-order valence-electron chi connectivity index (χ0n) is 12.4. The summed E-state index contributed by atoms with van der Waals surface area (Å²) in [5, 5.41) is 0. The van der Waals surface area contributed by atoms with E-state index in [1.807, 2.05) is 6.08 Å². The first kappa shape index (κ1) is 14.3. The van der Waals surface area contributed by atoms with Crippen molar-refractivity contribution in [1.29, 1.82) is 0 Å². The first-order chi connectivity index (χ1) is 9.74. The molecule has 0 N–H and O–H groups in total. The van der Waals surface area contributed by atoms with Crippen molar-refractivity contribution in [3.8, 4) is 0 Å². The van der Waals surface area contributed by atoms with Gasteiger partial charge < -0.3 is 0 Å². The molecule has 2 aromatic rings. The molecule has 2 rings (SSSR count). The molecule has 0 heterocycles. The summed E-state index contributed by atoms with van der Waals surface area (Å²) >= 11 is 0. The van der Waals surface area contributed by atoms with Gasteiger partial charge in [0.1, 0.15) is 0 Å². The lowest BCUT2D eigenvalue weighted by Gasteiger charge is -2.09. The molecule has 0 heteroatoms. The lowest BCUT2D eigenvalue weighted by atomic mass is 9.96. The summed E-state index contributed by atoms with van der Waals surface area (Å²) < 4.78 is 0. The van der Waals surface area contributed by atoms with E-state index in [4.69, 9.17) is 0 Å². The molecule has 0 aliphatic heterocycles. The van der Waals surface area contributed by atoms with Gasteiger partial charge in [0.15, 0.2) is 0 Å². The number of aryl methyl sites for hydroxylation is 2. The van der Waals surface area contributed by atoms with Gasteiger partial charge in [-0.25, -0.2) is 0 Å². The minimum Gasteiger partial charge on any atom is -0.0985 e. The predicted octanol–water partition coefficient (Wildman–Crippen LogP) is 5.37. The third kappa shape index (κ3) is 3.48. The number of hydrogen-bond donors (Lipinski definition) is 0. The second kappa shape index (κ2) is 6.91. The average molecular weight is 262 g/mol. The minimum atomic E-state index is 0.942. The number of rotatable bonds is 5. The Kier molecular flexibility index (Phi) is 4.95. The molecule has 0 aliphatic carbocycles. The van der Waals surface area contributed by atoms with Crippen molar-refractivity contribution < 1.29 is 0 Å². The van der Waals surface area contributed by atoms with Crippen molar-refractivity contribution in [2.24, 2.45) is 0 Å². The fraction of sp³-hybridized carbons (Fsp3) is 0.200. The third-order valence-corrected chi connectivity index (χ3v) is 3.63. The molecule has 0 nitrogen and oxygen atoms in total. The summed E-state index contributed by atoms with van der Waals surface area (Å²) in [4.78, 5) is 0. The fourth-order valence-electron chi connectivity index (χ4n) is 2.41. The number of benzene rings is 2. The van der Waals surface area contributed by atoms with Gasteiger partial charge >= 0.3 is 0 Å². The van der Waals surface area contributed by atoms with Crippen LogP contribution in [0.25, 0.3) is 5.57 Å². The van der Waals surface area contributed by atoms with Crippen LogP contribution in [0.2, 0.25) is 0 Å². The van der Waals surface area contributed by atoms with Gasteiger partial charge in [-0.05, 0) is 47.6 Å². The molecule has 102 valence electrons. The second-order valence-electron chi connectivity index (χ2n) is 5.06. The summed E-state index contributed by atoms with van der Waals surface area (Å²) in [7, 11) is 0. The zero-order valence-corrected chi connectivity index (χ0v) is 12.4. The van der Waals surface area contributed by atoms with Gasteiger partial charge in [0.05, 0.1) is 0 Å². The van der Waals surface area contributed by atoms with Gasteiger partial charge in [0.25, 0.3) is 0 Å². The van der Waals surface area contributed by atoms with E-state index in [0.29, 0.717) is 0 Å². The summed E-state index contributed by atoms with van der Waals surface area (Å²) in [6.07, 6.45) is 6.24. The molecule has 0 amide bonds. The molecule has 0 aromatic heterocycles. The first-order valence-corrected chi connectivity index (χ1v) is 7.21. The van der Waals surface area contributed by atoms with Crippen LogP contribution >= 0.6 is 0 Å². The highest BCUT2D eigenvalue weighted by atomic mass is 14.1. The van der Waals surface area contributed by atoms with E-state index in [2.05, 4.69) is 75.0 Å². The van der Waals surface area contributed by atoms with Crippen molar-refractivity contribution in [2.45, 2.75) is 26.7 Å². The third-order valence-electron chi connectivity index (χ3n) is 3.63. The molecule has 0 bridgehead atoms. The van der Waals surface area contributed by atoms with Gasteiger partial charge in [0, 0.05) is 0 Å². The Hall–Kier alpha value is -2.08. The molecule has 0 saturated heterocycles. The predicted molar refractivity (Wildman–Crippen MR) is 88.9 cm³/mol. The molecule has 0 saturated carbocycles. The lowest BCUT2D eigenvalue weighted by molar-refractivity contribution is 1.13. The molecular weight excluding hydrogens is 240 g/mol. The molecular formula is C20H22. The van der Waals surface area contributed by atoms with Crippen molar-refractivity contribution in [3.05, 3.63) is 89.5 Å². The number of hydrogen-bond acceptors (Lipinski definition) is 0. The molecule has 0 spiro atoms. The van der Waals surface area contributed by atoms with Gasteiger partial charge in [-0.3, -0.25) is 0 Å². The topological polar surface area (TPSA) is 0 Å². The molecule has 0 radical (unpaired) electrons. The Morgan fingerprint density at radius 1 is 1.05 bits per heavy atom. The van der Waals surface area contributed by atoms with Crippen LogP contribution in [0.4, 0.5) is 0 Å². The van der Waals surface area contributed by atoms with Crippen LogP contribution < -0.4 is 0 Å². The largest absolute Gasteiger partial charge is 0.0985 e. The van der Waals surface area contributed by atoms with E-state index in [1.54, 1.807) is 0 Å². The Labute approximate surface area is 122 Å². The monoisotopic (exact) mass is 262 g/mol. The maximum Gasteiger partial charge on any atom is -0.00882 e. The molecule has 0 aliphatic rings. The fourth-order valence-corrected chi connectivity index (χ4v) is 2.41. The van der Waals surface area contributed by atoms with Crippen molar-refractivity contribution >= 4 is 5.57 Å². The van der Waals surface area contributed by atoms with Crippen molar-refractivity contribution in [2.75, 3.05) is 0 Å². The van der Waals surface area contributed by atoms with E-state index in [-0.39, 0.29) is 0 Å². The van der Waals surface area contributed by atoms with Crippen LogP contribution in [0.1, 0.15) is 29.2 Å². The lowest BCUT2D eigenvalue weighted by Crippen LogP contribution is -1.91. The summed E-state index contributed by atoms with van der Waals surface area (Å²) in [5.41, 5.74) is 6.54. The van der Waals surface area contributed by atoms with E-state index < -0.39 is 0 Å². The van der Waals surface area contributed by atoms with E-state index in [1.165, 1.54) is 27.8 Å². The summed E-state index contributed by atoms with van der Waals surface area (Å²) in [6, 6.07) is 17.2. The Balaban J connectivity index is 2.26. The van der Waals surface area contributed by atoms with Crippen LogP contribution in [0.15, 0.2) is 67.3 Å². The normalized spacial score (nSPS) is 11.4. The van der Waals surface area contributed by atoms with E-state index >= 15 is 0 Å². The van der Waals surface area contributed by atoms with Gasteiger partial charge in [0.2, 0.25) is 0 Å². The highest BCUT2D eigenvalue weighted by Gasteiger charge is 2.03. The number of allylic oxidation sites excluding steroid dienone is 3. The maximum atomic E-state index is 3.97. The molecule has 0 atom stereocenters. The van der Waals surface area contributed by atoms with Crippen LogP contribution in [0.5, 0.6) is 0 Å². The standard InChI is InChI=1S/C20H22/c1-4-17-12-14-20(16(3)15-17)19(5-2)13-11-18-9-7-6-8-10-18/h5-10,12-15H,2,4,11H2,1,3H3/b19-13+. The van der Waals surface area contributed by atoms with Crippen LogP contribution in [-0.4, -0.2) is 0 Å². The Morgan fingerprint density at radius 2 is 1.80 bits per heavy atom. The van der Waals surface area contributed by atoms with Crippen LogP contribution in [-0.2, 0) is 12.8 Å². The van der Waals surface area contributed by atoms with E-state index in [9.17, 15) is 0 Å². The Morgan fingerprint density at radius 3 is 2.40 bits per heavy atom. The second-order valence-corrected chi connectivity index (χ2v) is 5.06. The minimum absolute atomic E-state index is 0.942. The highest BCUT2D eigenvalue weighted by molar-refractivity contribution is 5.75. The first-order valence-electron chi connectivity index (χ1n) is 7.21. The average Bonchev–Trinajstić information content (AvgIpc) is 2.50. The SMILES string of the molecule is C=C/C(=C\Cc1ccccc1)c1ccc(CC)cc1C. The molecule has 20 heavy (non-hydrogen) atoms. The summed E-state index contributed by atoms with van der Waals surface area (Å²) in [6.45, 7) is 8.33. The zero-order chi connectivity index (χ0) is 14.4. The van der Waals surface area contributed by atoms with Crippen LogP contribution in [0, 0.1) is 6.92 Å². The van der Waals surface area contributed by atoms with Crippen molar-refractivity contribution in [3.63, 3.8) is 0 Å². The maximum absolute atomic E-state index is 3.97. The Bertz CT molecular complexity index is 603. The van der Waals surface area contributed by atoms with E-state index in [0.717, 1.165) is 12.8 Å². The van der Waals surface area contributed by atoms with Gasteiger partial charge in [-0.15, -0.1) is 0 Å². The van der Waals surface area contributed by atoms with Gasteiger partial charge in [-0.1, -0.05) is 74.2 Å².